The molecule has 1 aromatic carbocycles. The van der Waals surface area contributed by atoms with Crippen LogP contribution in [0.15, 0.2) is 41.9 Å². The fourth-order valence-electron chi connectivity index (χ4n) is 3.08. The molecule has 0 saturated carbocycles. The van der Waals surface area contributed by atoms with Crippen molar-refractivity contribution in [2.45, 2.75) is 23.8 Å². The number of anilines is 1. The van der Waals surface area contributed by atoms with Crippen LogP contribution in [0, 0.1) is 17.1 Å². The molecule has 27 heavy (non-hydrogen) atoms. The lowest BCUT2D eigenvalue weighted by Crippen LogP contribution is -2.31. The monoisotopic (exact) mass is 388 g/mol. The van der Waals surface area contributed by atoms with Crippen LogP contribution >= 0.6 is 0 Å². The molecule has 0 aliphatic carbocycles. The summed E-state index contributed by atoms with van der Waals surface area (Å²) in [4.78, 5) is 12.8. The molecular formula is C18H17FN4O3S. The quantitative estimate of drug-likeness (QED) is 0.786. The lowest BCUT2D eigenvalue weighted by atomic mass is 10.1. The van der Waals surface area contributed by atoms with Crippen molar-refractivity contribution in [3.63, 3.8) is 0 Å². The first-order valence-corrected chi connectivity index (χ1v) is 9.59. The molecule has 1 aromatic heterocycles. The number of nitrogens with one attached hydrogen (secondary N) is 2. The molecule has 3 rings (SSSR count). The summed E-state index contributed by atoms with van der Waals surface area (Å²) in [5, 5.41) is 11.5. The average Bonchev–Trinajstić information content (AvgIpc) is 2.91. The normalized spacial score (nSPS) is 18.0. The maximum absolute atomic E-state index is 13.4. The van der Waals surface area contributed by atoms with Gasteiger partial charge in [0, 0.05) is 30.5 Å². The predicted molar refractivity (Wildman–Crippen MR) is 97.1 cm³/mol. The second-order valence-corrected chi connectivity index (χ2v) is 7.88. The smallest absolute Gasteiger partial charge is 0.272 e. The SMILES string of the molecule is C=C[C@H]1CCc2c(cn(C)c2C(=O)Nc2ccc(F)c(C#N)c2)S(=O)(=O)N1. The number of hydrogen-bond acceptors (Lipinski definition) is 4. The molecular weight excluding hydrogens is 371 g/mol. The van der Waals surface area contributed by atoms with Gasteiger partial charge in [0.05, 0.1) is 5.56 Å². The zero-order valence-corrected chi connectivity index (χ0v) is 15.3. The number of halogens is 1. The number of amides is 1. The van der Waals surface area contributed by atoms with Crippen molar-refractivity contribution in [2.24, 2.45) is 7.05 Å². The van der Waals surface area contributed by atoms with Gasteiger partial charge >= 0.3 is 0 Å². The molecule has 2 aromatic rings. The minimum absolute atomic E-state index is 0.0521. The van der Waals surface area contributed by atoms with Crippen molar-refractivity contribution in [1.82, 2.24) is 9.29 Å². The lowest BCUT2D eigenvalue weighted by molar-refractivity contribution is 0.101. The van der Waals surface area contributed by atoms with E-state index in [-0.39, 0.29) is 21.8 Å². The number of carbonyl (C=O) groups is 1. The standard InChI is InChI=1S/C18H17FN4O3S/c1-3-12-4-6-14-16(27(25,26)22-12)10-23(2)17(14)18(24)21-13-5-7-15(19)11(8-13)9-20/h3,5,7-8,10,12,22H,1,4,6H2,2H3,(H,21,24)/t12-/m0/s1. The molecule has 0 radical (unpaired) electrons. The number of fused-ring (bicyclic) bond motifs is 1. The molecule has 0 spiro atoms. The summed E-state index contributed by atoms with van der Waals surface area (Å²) in [6.45, 7) is 3.62. The minimum Gasteiger partial charge on any atom is -0.345 e. The Balaban J connectivity index is 1.99. The van der Waals surface area contributed by atoms with Crippen LogP contribution in [-0.4, -0.2) is 24.9 Å². The number of nitriles is 1. The number of nitrogens with zero attached hydrogens (tertiary/aromatic N) is 2. The molecule has 1 aliphatic rings. The van der Waals surface area contributed by atoms with Crippen molar-refractivity contribution in [3.05, 3.63) is 59.7 Å². The van der Waals surface area contributed by atoms with E-state index in [1.807, 2.05) is 0 Å². The first kappa shape index (κ1) is 18.8. The summed E-state index contributed by atoms with van der Waals surface area (Å²) in [5.41, 5.74) is 0.656. The van der Waals surface area contributed by atoms with Crippen LogP contribution in [0.5, 0.6) is 0 Å². The Bertz CT molecular complexity index is 1080. The lowest BCUT2D eigenvalue weighted by Gasteiger charge is -2.11. The Hall–Kier alpha value is -2.96. The number of hydrogen-bond donors (Lipinski definition) is 2. The first-order valence-electron chi connectivity index (χ1n) is 8.11. The van der Waals surface area contributed by atoms with Crippen LogP contribution in [0.2, 0.25) is 0 Å². The first-order chi connectivity index (χ1) is 12.8. The Morgan fingerprint density at radius 1 is 1.52 bits per heavy atom. The Kier molecular flexibility index (Phi) is 4.87. The molecule has 0 unspecified atom stereocenters. The summed E-state index contributed by atoms with van der Waals surface area (Å²) >= 11 is 0. The maximum Gasteiger partial charge on any atom is 0.272 e. The van der Waals surface area contributed by atoms with Crippen molar-refractivity contribution >= 4 is 21.6 Å². The number of benzene rings is 1. The Morgan fingerprint density at radius 3 is 2.93 bits per heavy atom. The fourth-order valence-corrected chi connectivity index (χ4v) is 4.64. The molecule has 0 saturated heterocycles. The second-order valence-electron chi connectivity index (χ2n) is 6.19. The van der Waals surface area contributed by atoms with E-state index in [1.54, 1.807) is 13.1 Å². The zero-order chi connectivity index (χ0) is 19.8. The van der Waals surface area contributed by atoms with Gasteiger partial charge in [0.1, 0.15) is 22.5 Å². The van der Waals surface area contributed by atoms with E-state index in [2.05, 4.69) is 16.6 Å². The van der Waals surface area contributed by atoms with Crippen molar-refractivity contribution in [2.75, 3.05) is 5.32 Å². The van der Waals surface area contributed by atoms with Crippen LogP contribution in [0.25, 0.3) is 0 Å². The highest BCUT2D eigenvalue weighted by Gasteiger charge is 2.32. The summed E-state index contributed by atoms with van der Waals surface area (Å²) < 4.78 is 42.5. The minimum atomic E-state index is -3.78. The van der Waals surface area contributed by atoms with E-state index in [9.17, 15) is 17.6 Å². The highest BCUT2D eigenvalue weighted by molar-refractivity contribution is 7.89. The van der Waals surface area contributed by atoms with Crippen molar-refractivity contribution < 1.29 is 17.6 Å². The van der Waals surface area contributed by atoms with Gasteiger partial charge in [0.25, 0.3) is 5.91 Å². The second kappa shape index (κ2) is 6.98. The van der Waals surface area contributed by atoms with Crippen LogP contribution in [0.1, 0.15) is 28.0 Å². The molecule has 140 valence electrons. The molecule has 0 bridgehead atoms. The van der Waals surface area contributed by atoms with E-state index in [0.717, 1.165) is 6.07 Å². The third-order valence-corrected chi connectivity index (χ3v) is 5.94. The average molecular weight is 388 g/mol. The van der Waals surface area contributed by atoms with E-state index in [0.29, 0.717) is 18.4 Å². The predicted octanol–water partition coefficient (Wildman–Crippen LogP) is 2.07. The van der Waals surface area contributed by atoms with Gasteiger partial charge in [-0.3, -0.25) is 4.79 Å². The number of sulfonamides is 1. The third kappa shape index (κ3) is 3.49. The topological polar surface area (TPSA) is 104 Å². The third-order valence-electron chi connectivity index (χ3n) is 4.39. The van der Waals surface area contributed by atoms with E-state index < -0.39 is 27.8 Å². The maximum atomic E-state index is 13.4. The number of carbonyl (C=O) groups excluding carboxylic acids is 1. The molecule has 1 aliphatic heterocycles. The highest BCUT2D eigenvalue weighted by atomic mass is 32.2. The molecule has 7 nitrogen and oxygen atoms in total. The van der Waals surface area contributed by atoms with Gasteiger partial charge < -0.3 is 9.88 Å². The number of aryl methyl sites for hydroxylation is 1. The molecule has 1 amide bonds. The molecule has 2 N–H and O–H groups in total. The van der Waals surface area contributed by atoms with E-state index in [4.69, 9.17) is 5.26 Å². The van der Waals surface area contributed by atoms with E-state index in [1.165, 1.54) is 29.0 Å². The van der Waals surface area contributed by atoms with Crippen molar-refractivity contribution in [1.29, 1.82) is 5.26 Å². The van der Waals surface area contributed by atoms with Crippen LogP contribution in [0.4, 0.5) is 10.1 Å². The van der Waals surface area contributed by atoms with Crippen molar-refractivity contribution in [3.8, 4) is 6.07 Å². The Labute approximate surface area is 156 Å². The van der Waals surface area contributed by atoms with Crippen LogP contribution < -0.4 is 10.0 Å². The van der Waals surface area contributed by atoms with Gasteiger partial charge in [-0.1, -0.05) is 6.08 Å². The van der Waals surface area contributed by atoms with Gasteiger partial charge in [-0.25, -0.2) is 17.5 Å². The summed E-state index contributed by atoms with van der Waals surface area (Å²) in [6, 6.07) is 4.93. The number of rotatable bonds is 3. The highest BCUT2D eigenvalue weighted by Crippen LogP contribution is 2.28. The number of aromatic nitrogens is 1. The summed E-state index contributed by atoms with van der Waals surface area (Å²) in [7, 11) is -2.20. The molecule has 0 fully saturated rings. The fraction of sp³-hybridized carbons (Fsp3) is 0.222. The molecule has 9 heteroatoms. The van der Waals surface area contributed by atoms with Gasteiger partial charge in [0.2, 0.25) is 10.0 Å². The van der Waals surface area contributed by atoms with Gasteiger partial charge in [0.15, 0.2) is 0 Å². The van der Waals surface area contributed by atoms with Crippen LogP contribution in [-0.2, 0) is 23.5 Å². The van der Waals surface area contributed by atoms with Gasteiger partial charge in [-0.05, 0) is 31.0 Å². The van der Waals surface area contributed by atoms with Gasteiger partial charge in [-0.2, -0.15) is 5.26 Å². The van der Waals surface area contributed by atoms with E-state index >= 15 is 0 Å². The molecule has 1 atom stereocenters. The summed E-state index contributed by atoms with van der Waals surface area (Å²) in [6.07, 6.45) is 3.75. The van der Waals surface area contributed by atoms with Crippen LogP contribution in [0.3, 0.4) is 0 Å². The Morgan fingerprint density at radius 2 is 2.26 bits per heavy atom. The molecule has 2 heterocycles. The van der Waals surface area contributed by atoms with Gasteiger partial charge in [-0.15, -0.1) is 6.58 Å². The zero-order valence-electron chi connectivity index (χ0n) is 14.5. The largest absolute Gasteiger partial charge is 0.345 e. The summed E-state index contributed by atoms with van der Waals surface area (Å²) in [5.74, 6) is -1.22.